The fourth-order valence-corrected chi connectivity index (χ4v) is 1.88. The number of hydrogen-bond acceptors (Lipinski definition) is 2. The summed E-state index contributed by atoms with van der Waals surface area (Å²) in [5, 5.41) is 2.79. The molecule has 0 unspecified atom stereocenters. The van der Waals surface area contributed by atoms with Crippen molar-refractivity contribution in [3.63, 3.8) is 0 Å². The first-order valence-corrected chi connectivity index (χ1v) is 6.45. The van der Waals surface area contributed by atoms with Crippen LogP contribution in [0.4, 0.5) is 5.69 Å². The van der Waals surface area contributed by atoms with Crippen LogP contribution in [0.1, 0.15) is 23.2 Å². The maximum absolute atomic E-state index is 11.7. The molecule has 5 heteroatoms. The molecule has 2 amide bonds. The maximum atomic E-state index is 11.7. The Labute approximate surface area is 117 Å². The smallest absolute Gasteiger partial charge is 0.248 e. The average Bonchev–Trinajstić information content (AvgIpc) is 2.92. The van der Waals surface area contributed by atoms with Crippen molar-refractivity contribution in [1.29, 1.82) is 0 Å². The number of rotatable bonds is 6. The number of benzene rings is 1. The number of primary amides is 1. The van der Waals surface area contributed by atoms with Crippen molar-refractivity contribution < 1.29 is 9.59 Å². The number of hydrogen-bond donors (Lipinski definition) is 2. The quantitative estimate of drug-likeness (QED) is 0.843. The summed E-state index contributed by atoms with van der Waals surface area (Å²) < 4.78 is 2.04. The Morgan fingerprint density at radius 1 is 1.10 bits per heavy atom. The Kier molecular flexibility index (Phi) is 4.55. The van der Waals surface area contributed by atoms with Gasteiger partial charge in [0, 0.05) is 36.6 Å². The molecule has 0 atom stereocenters. The van der Waals surface area contributed by atoms with E-state index in [1.165, 1.54) is 0 Å². The third-order valence-electron chi connectivity index (χ3n) is 2.94. The molecule has 0 aliphatic heterocycles. The standard InChI is InChI=1S/C15H17N3O2/c16-15(20)12-5-7-13(8-6-12)17-14(19)4-3-11-18-9-1-2-10-18/h1-2,5-10H,3-4,11H2,(H2,16,20)(H,17,19). The van der Waals surface area contributed by atoms with Crippen LogP contribution in [-0.2, 0) is 11.3 Å². The Balaban J connectivity index is 1.77. The molecular weight excluding hydrogens is 254 g/mol. The minimum absolute atomic E-state index is 0.0380. The van der Waals surface area contributed by atoms with E-state index in [0.717, 1.165) is 13.0 Å². The molecule has 2 aromatic rings. The summed E-state index contributed by atoms with van der Waals surface area (Å²) in [6.07, 6.45) is 5.18. The second-order valence-electron chi connectivity index (χ2n) is 4.51. The van der Waals surface area contributed by atoms with Gasteiger partial charge < -0.3 is 15.6 Å². The second kappa shape index (κ2) is 6.56. The monoisotopic (exact) mass is 271 g/mol. The summed E-state index contributed by atoms with van der Waals surface area (Å²) in [4.78, 5) is 22.7. The zero-order valence-corrected chi connectivity index (χ0v) is 11.1. The molecule has 104 valence electrons. The number of carbonyl (C=O) groups is 2. The van der Waals surface area contributed by atoms with Crippen LogP contribution in [0.25, 0.3) is 0 Å². The van der Waals surface area contributed by atoms with Crippen molar-refractivity contribution in [2.24, 2.45) is 5.73 Å². The lowest BCUT2D eigenvalue weighted by Gasteiger charge is -2.06. The first-order valence-electron chi connectivity index (χ1n) is 6.45. The summed E-state index contributed by atoms with van der Waals surface area (Å²) in [5.74, 6) is -0.515. The number of carbonyl (C=O) groups excluding carboxylic acids is 2. The first-order chi connectivity index (χ1) is 9.65. The Morgan fingerprint density at radius 2 is 1.75 bits per heavy atom. The predicted octanol–water partition coefficient (Wildman–Crippen LogP) is 2.01. The SMILES string of the molecule is NC(=O)c1ccc(NC(=O)CCCn2cccc2)cc1. The molecule has 0 aliphatic carbocycles. The largest absolute Gasteiger partial charge is 0.366 e. The van der Waals surface area contributed by atoms with Crippen molar-refractivity contribution in [2.75, 3.05) is 5.32 Å². The van der Waals surface area contributed by atoms with E-state index in [2.05, 4.69) is 5.32 Å². The Bertz CT molecular complexity index is 574. The van der Waals surface area contributed by atoms with E-state index in [9.17, 15) is 9.59 Å². The summed E-state index contributed by atoms with van der Waals surface area (Å²) >= 11 is 0. The van der Waals surface area contributed by atoms with Gasteiger partial charge in [0.05, 0.1) is 0 Å². The van der Waals surface area contributed by atoms with Gasteiger partial charge in [-0.2, -0.15) is 0 Å². The summed E-state index contributed by atoms with van der Waals surface area (Å²) in [7, 11) is 0. The molecule has 1 aromatic carbocycles. The molecule has 5 nitrogen and oxygen atoms in total. The average molecular weight is 271 g/mol. The molecule has 0 bridgehead atoms. The van der Waals surface area contributed by atoms with Crippen molar-refractivity contribution in [1.82, 2.24) is 4.57 Å². The second-order valence-corrected chi connectivity index (χ2v) is 4.51. The topological polar surface area (TPSA) is 77.1 Å². The first kappa shape index (κ1) is 13.9. The minimum Gasteiger partial charge on any atom is -0.366 e. The molecule has 0 fully saturated rings. The van der Waals surface area contributed by atoms with E-state index >= 15 is 0 Å². The van der Waals surface area contributed by atoms with Gasteiger partial charge in [-0.05, 0) is 42.8 Å². The molecule has 2 rings (SSSR count). The van der Waals surface area contributed by atoms with Crippen LogP contribution in [-0.4, -0.2) is 16.4 Å². The lowest BCUT2D eigenvalue weighted by atomic mass is 10.2. The van der Waals surface area contributed by atoms with Crippen LogP contribution in [0.15, 0.2) is 48.8 Å². The molecule has 1 aromatic heterocycles. The molecule has 0 saturated heterocycles. The zero-order valence-electron chi connectivity index (χ0n) is 11.1. The number of nitrogens with two attached hydrogens (primary N) is 1. The molecule has 1 heterocycles. The van der Waals surface area contributed by atoms with Crippen LogP contribution < -0.4 is 11.1 Å². The van der Waals surface area contributed by atoms with E-state index in [1.54, 1.807) is 24.3 Å². The van der Waals surface area contributed by atoms with Crippen molar-refractivity contribution in [3.8, 4) is 0 Å². The van der Waals surface area contributed by atoms with Crippen molar-refractivity contribution in [2.45, 2.75) is 19.4 Å². The van der Waals surface area contributed by atoms with Crippen LogP contribution in [0.2, 0.25) is 0 Å². The fraction of sp³-hybridized carbons (Fsp3) is 0.200. The van der Waals surface area contributed by atoms with E-state index in [0.29, 0.717) is 17.7 Å². The Hall–Kier alpha value is -2.56. The highest BCUT2D eigenvalue weighted by molar-refractivity contribution is 5.94. The predicted molar refractivity (Wildman–Crippen MR) is 77.3 cm³/mol. The summed E-state index contributed by atoms with van der Waals surface area (Å²) in [5.41, 5.74) is 6.24. The number of amides is 2. The highest BCUT2D eigenvalue weighted by Crippen LogP contribution is 2.10. The van der Waals surface area contributed by atoms with Gasteiger partial charge in [-0.15, -0.1) is 0 Å². The highest BCUT2D eigenvalue weighted by atomic mass is 16.1. The molecule has 0 radical (unpaired) electrons. The van der Waals surface area contributed by atoms with Gasteiger partial charge in [-0.25, -0.2) is 0 Å². The van der Waals surface area contributed by atoms with E-state index in [1.807, 2.05) is 29.1 Å². The van der Waals surface area contributed by atoms with E-state index < -0.39 is 5.91 Å². The molecule has 20 heavy (non-hydrogen) atoms. The molecule has 0 saturated carbocycles. The highest BCUT2D eigenvalue weighted by Gasteiger charge is 2.04. The van der Waals surface area contributed by atoms with Gasteiger partial charge in [0.15, 0.2) is 0 Å². The van der Waals surface area contributed by atoms with Crippen LogP contribution in [0, 0.1) is 0 Å². The van der Waals surface area contributed by atoms with Crippen LogP contribution >= 0.6 is 0 Å². The van der Waals surface area contributed by atoms with E-state index in [-0.39, 0.29) is 5.91 Å². The van der Waals surface area contributed by atoms with Gasteiger partial charge in [0.25, 0.3) is 0 Å². The van der Waals surface area contributed by atoms with Gasteiger partial charge in [-0.3, -0.25) is 9.59 Å². The number of aryl methyl sites for hydroxylation is 1. The molecule has 3 N–H and O–H groups in total. The lowest BCUT2D eigenvalue weighted by Crippen LogP contribution is -2.13. The maximum Gasteiger partial charge on any atom is 0.248 e. The normalized spacial score (nSPS) is 10.2. The number of nitrogens with zero attached hydrogens (tertiary/aromatic N) is 1. The van der Waals surface area contributed by atoms with Gasteiger partial charge in [0.2, 0.25) is 11.8 Å². The number of aromatic nitrogens is 1. The lowest BCUT2D eigenvalue weighted by molar-refractivity contribution is -0.116. The fourth-order valence-electron chi connectivity index (χ4n) is 1.88. The minimum atomic E-state index is -0.477. The summed E-state index contributed by atoms with van der Waals surface area (Å²) in [6.45, 7) is 0.820. The number of anilines is 1. The third-order valence-corrected chi connectivity index (χ3v) is 2.94. The number of nitrogens with one attached hydrogen (secondary N) is 1. The van der Waals surface area contributed by atoms with Crippen molar-refractivity contribution in [3.05, 3.63) is 54.4 Å². The zero-order chi connectivity index (χ0) is 14.4. The van der Waals surface area contributed by atoms with Gasteiger partial charge in [0.1, 0.15) is 0 Å². The third kappa shape index (κ3) is 3.98. The summed E-state index contributed by atoms with van der Waals surface area (Å²) in [6, 6.07) is 10.4. The molecule has 0 aliphatic rings. The molecule has 0 spiro atoms. The molecular formula is C15H17N3O2. The van der Waals surface area contributed by atoms with Crippen LogP contribution in [0.5, 0.6) is 0 Å². The van der Waals surface area contributed by atoms with Gasteiger partial charge >= 0.3 is 0 Å². The van der Waals surface area contributed by atoms with Crippen molar-refractivity contribution >= 4 is 17.5 Å². The van der Waals surface area contributed by atoms with E-state index in [4.69, 9.17) is 5.73 Å². The van der Waals surface area contributed by atoms with Gasteiger partial charge in [-0.1, -0.05) is 0 Å². The van der Waals surface area contributed by atoms with Crippen LogP contribution in [0.3, 0.4) is 0 Å². The Morgan fingerprint density at radius 3 is 2.35 bits per heavy atom.